The number of fused-ring (bicyclic) bond motifs is 3. The Balaban J connectivity index is 1.28. The van der Waals surface area contributed by atoms with Gasteiger partial charge in [-0.1, -0.05) is 19.1 Å². The first-order chi connectivity index (χ1) is 14.4. The maximum Gasteiger partial charge on any atom is 0.123 e. The van der Waals surface area contributed by atoms with E-state index in [0.717, 1.165) is 44.9 Å². The van der Waals surface area contributed by atoms with Gasteiger partial charge in [0.1, 0.15) is 11.6 Å². The molecule has 4 nitrogen and oxygen atoms in total. The number of likely N-dealkylation sites (tertiary alicyclic amines) is 1. The van der Waals surface area contributed by atoms with Crippen molar-refractivity contribution in [1.82, 2.24) is 4.90 Å². The predicted octanol–water partition coefficient (Wildman–Crippen LogP) is 4.29. The van der Waals surface area contributed by atoms with Crippen LogP contribution in [0.25, 0.3) is 0 Å². The molecular formula is C25H32FN3O. The monoisotopic (exact) mass is 409 g/mol. The fourth-order valence-corrected chi connectivity index (χ4v) is 5.90. The standard InChI is InChI=1S/C25H32FN3O/c1-24-18-28(13-5-17-30-20-10-8-19(26)9-11-20)14-12-25(24,2)29-16-15-27(3)22-7-4-6-21(24)23(22)29/h4,6-11H,5,12-18H2,1-3H3/t24-,25-/m0/s1. The first-order valence-electron chi connectivity index (χ1n) is 11.2. The zero-order valence-corrected chi connectivity index (χ0v) is 18.3. The molecule has 0 amide bonds. The van der Waals surface area contributed by atoms with Crippen molar-refractivity contribution >= 4 is 11.4 Å². The molecule has 0 aliphatic carbocycles. The highest BCUT2D eigenvalue weighted by atomic mass is 19.1. The van der Waals surface area contributed by atoms with Crippen molar-refractivity contribution < 1.29 is 9.13 Å². The van der Waals surface area contributed by atoms with Gasteiger partial charge in [-0.25, -0.2) is 4.39 Å². The average molecular weight is 410 g/mol. The number of likely N-dealkylation sites (N-methyl/N-ethyl adjacent to an activating group) is 1. The Morgan fingerprint density at radius 3 is 2.63 bits per heavy atom. The molecule has 5 rings (SSSR count). The molecular weight excluding hydrogens is 377 g/mol. The van der Waals surface area contributed by atoms with Crippen molar-refractivity contribution in [3.8, 4) is 5.75 Å². The maximum absolute atomic E-state index is 13.0. The van der Waals surface area contributed by atoms with Crippen LogP contribution in [-0.2, 0) is 5.41 Å². The Morgan fingerprint density at radius 2 is 1.83 bits per heavy atom. The summed E-state index contributed by atoms with van der Waals surface area (Å²) in [6, 6.07) is 13.2. The molecule has 1 fully saturated rings. The van der Waals surface area contributed by atoms with E-state index in [-0.39, 0.29) is 16.8 Å². The quantitative estimate of drug-likeness (QED) is 0.686. The van der Waals surface area contributed by atoms with E-state index >= 15 is 0 Å². The number of piperidine rings is 1. The van der Waals surface area contributed by atoms with E-state index < -0.39 is 0 Å². The molecule has 3 heterocycles. The molecule has 2 aromatic rings. The van der Waals surface area contributed by atoms with E-state index in [0.29, 0.717) is 6.61 Å². The lowest BCUT2D eigenvalue weighted by Crippen LogP contribution is -2.64. The van der Waals surface area contributed by atoms with Crippen LogP contribution < -0.4 is 14.5 Å². The lowest BCUT2D eigenvalue weighted by molar-refractivity contribution is 0.0860. The van der Waals surface area contributed by atoms with E-state index in [1.54, 1.807) is 12.1 Å². The number of anilines is 2. The summed E-state index contributed by atoms with van der Waals surface area (Å²) >= 11 is 0. The van der Waals surface area contributed by atoms with Gasteiger partial charge < -0.3 is 19.4 Å². The SMILES string of the molecule is CN1CCN2c3c1cccc3[C@]1(C)CN(CCCOc3ccc(F)cc3)CC[C@]21C. The van der Waals surface area contributed by atoms with Crippen LogP contribution in [0, 0.1) is 5.82 Å². The number of benzene rings is 2. The summed E-state index contributed by atoms with van der Waals surface area (Å²) in [5.41, 5.74) is 4.67. The van der Waals surface area contributed by atoms with Gasteiger partial charge in [0.05, 0.1) is 18.0 Å². The molecule has 1 saturated heterocycles. The van der Waals surface area contributed by atoms with Crippen LogP contribution in [0.2, 0.25) is 0 Å². The van der Waals surface area contributed by atoms with Gasteiger partial charge in [0.2, 0.25) is 0 Å². The second-order valence-electron chi connectivity index (χ2n) is 9.53. The summed E-state index contributed by atoms with van der Waals surface area (Å²) in [4.78, 5) is 7.73. The molecule has 0 bridgehead atoms. The third kappa shape index (κ3) is 2.89. The molecule has 0 N–H and O–H groups in total. The summed E-state index contributed by atoms with van der Waals surface area (Å²) in [5, 5.41) is 0. The molecule has 30 heavy (non-hydrogen) atoms. The first kappa shape index (κ1) is 19.7. The van der Waals surface area contributed by atoms with Gasteiger partial charge in [0, 0.05) is 50.7 Å². The topological polar surface area (TPSA) is 19.0 Å². The van der Waals surface area contributed by atoms with Crippen molar-refractivity contribution in [2.45, 2.75) is 37.6 Å². The minimum absolute atomic E-state index is 0.125. The van der Waals surface area contributed by atoms with Gasteiger partial charge in [-0.05, 0) is 55.7 Å². The van der Waals surface area contributed by atoms with Crippen LogP contribution in [0.3, 0.4) is 0 Å². The van der Waals surface area contributed by atoms with Gasteiger partial charge in [-0.15, -0.1) is 0 Å². The Hall–Kier alpha value is -2.27. The number of hydrogen-bond acceptors (Lipinski definition) is 4. The summed E-state index contributed by atoms with van der Waals surface area (Å²) in [6.45, 7) is 11.1. The molecule has 0 radical (unpaired) electrons. The number of ether oxygens (including phenoxy) is 1. The Kier molecular flexibility index (Phi) is 4.69. The van der Waals surface area contributed by atoms with Crippen LogP contribution in [0.5, 0.6) is 5.75 Å². The molecule has 3 aliphatic heterocycles. The van der Waals surface area contributed by atoms with Gasteiger partial charge in [-0.3, -0.25) is 0 Å². The molecule has 2 aromatic carbocycles. The summed E-state index contributed by atoms with van der Waals surface area (Å²) in [5.74, 6) is 0.515. The fourth-order valence-electron chi connectivity index (χ4n) is 5.90. The third-order valence-corrected chi connectivity index (χ3v) is 7.89. The molecule has 0 saturated carbocycles. The van der Waals surface area contributed by atoms with Crippen molar-refractivity contribution in [3.05, 3.63) is 53.8 Å². The van der Waals surface area contributed by atoms with Crippen LogP contribution in [0.4, 0.5) is 15.8 Å². The van der Waals surface area contributed by atoms with E-state index in [1.165, 1.54) is 35.5 Å². The second-order valence-corrected chi connectivity index (χ2v) is 9.53. The lowest BCUT2D eigenvalue weighted by atomic mass is 9.65. The summed E-state index contributed by atoms with van der Waals surface area (Å²) in [6.07, 6.45) is 2.16. The first-order valence-corrected chi connectivity index (χ1v) is 11.2. The van der Waals surface area contributed by atoms with Crippen LogP contribution >= 0.6 is 0 Å². The average Bonchev–Trinajstić information content (AvgIpc) is 2.94. The summed E-state index contributed by atoms with van der Waals surface area (Å²) < 4.78 is 18.8. The molecule has 0 unspecified atom stereocenters. The molecule has 0 aromatic heterocycles. The van der Waals surface area contributed by atoms with E-state index in [4.69, 9.17) is 4.74 Å². The van der Waals surface area contributed by atoms with Gasteiger partial charge in [0.25, 0.3) is 0 Å². The fraction of sp³-hybridized carbons (Fsp3) is 0.520. The summed E-state index contributed by atoms with van der Waals surface area (Å²) in [7, 11) is 2.22. The number of rotatable bonds is 5. The number of hydrogen-bond donors (Lipinski definition) is 0. The number of para-hydroxylation sites is 1. The van der Waals surface area contributed by atoms with E-state index in [1.807, 2.05) is 0 Å². The second kappa shape index (κ2) is 7.16. The Bertz CT molecular complexity index is 932. The zero-order valence-electron chi connectivity index (χ0n) is 18.3. The number of halogens is 1. The largest absolute Gasteiger partial charge is 0.494 e. The minimum Gasteiger partial charge on any atom is -0.494 e. The van der Waals surface area contributed by atoms with Crippen molar-refractivity contribution in [3.63, 3.8) is 0 Å². The molecule has 3 aliphatic rings. The molecule has 160 valence electrons. The minimum atomic E-state index is -0.226. The maximum atomic E-state index is 13.0. The van der Waals surface area contributed by atoms with Crippen LogP contribution in [0.1, 0.15) is 32.3 Å². The third-order valence-electron chi connectivity index (χ3n) is 7.89. The predicted molar refractivity (Wildman–Crippen MR) is 120 cm³/mol. The zero-order chi connectivity index (χ0) is 20.9. The van der Waals surface area contributed by atoms with E-state index in [2.05, 4.69) is 53.8 Å². The van der Waals surface area contributed by atoms with Crippen molar-refractivity contribution in [1.29, 1.82) is 0 Å². The smallest absolute Gasteiger partial charge is 0.123 e. The molecule has 2 atom stereocenters. The Labute approximate surface area is 179 Å². The van der Waals surface area contributed by atoms with Gasteiger partial charge in [-0.2, -0.15) is 0 Å². The highest BCUT2D eigenvalue weighted by molar-refractivity contribution is 5.83. The van der Waals surface area contributed by atoms with Crippen LogP contribution in [0.15, 0.2) is 42.5 Å². The lowest BCUT2D eigenvalue weighted by Gasteiger charge is -2.54. The van der Waals surface area contributed by atoms with Crippen LogP contribution in [-0.4, -0.2) is 56.8 Å². The van der Waals surface area contributed by atoms with E-state index in [9.17, 15) is 4.39 Å². The van der Waals surface area contributed by atoms with Gasteiger partial charge in [0.15, 0.2) is 0 Å². The van der Waals surface area contributed by atoms with Crippen molar-refractivity contribution in [2.24, 2.45) is 0 Å². The normalized spacial score (nSPS) is 27.7. The Morgan fingerprint density at radius 1 is 1.03 bits per heavy atom. The highest BCUT2D eigenvalue weighted by Gasteiger charge is 2.59. The number of nitrogens with zero attached hydrogens (tertiary/aromatic N) is 3. The molecule has 0 spiro atoms. The highest BCUT2D eigenvalue weighted by Crippen LogP contribution is 2.58. The van der Waals surface area contributed by atoms with Crippen molar-refractivity contribution in [2.75, 3.05) is 56.2 Å². The van der Waals surface area contributed by atoms with Gasteiger partial charge >= 0.3 is 0 Å². The molecule has 5 heteroatoms.